The van der Waals surface area contributed by atoms with E-state index >= 15 is 0 Å². The maximum absolute atomic E-state index is 5.90. The van der Waals surface area contributed by atoms with Crippen molar-refractivity contribution in [1.82, 2.24) is 15.1 Å². The van der Waals surface area contributed by atoms with E-state index in [4.69, 9.17) is 10.3 Å². The molecule has 2 heterocycles. The molecular formula is C10H14N4O. The predicted octanol–water partition coefficient (Wildman–Crippen LogP) is 1.72. The molecule has 15 heavy (non-hydrogen) atoms. The van der Waals surface area contributed by atoms with Crippen molar-refractivity contribution in [3.8, 4) is 11.5 Å². The largest absolute Gasteiger partial charge is 0.359 e. The van der Waals surface area contributed by atoms with Gasteiger partial charge >= 0.3 is 0 Å². The third kappa shape index (κ3) is 1.92. The normalized spacial score (nSPS) is 13.3. The summed E-state index contributed by atoms with van der Waals surface area (Å²) >= 11 is 0. The summed E-state index contributed by atoms with van der Waals surface area (Å²) in [6, 6.07) is 3.56. The fourth-order valence-electron chi connectivity index (χ4n) is 1.23. The van der Waals surface area contributed by atoms with Crippen molar-refractivity contribution >= 4 is 0 Å². The lowest BCUT2D eigenvalue weighted by Crippen LogP contribution is -2.16. The minimum absolute atomic E-state index is 0.207. The van der Waals surface area contributed by atoms with Crippen LogP contribution in [0.15, 0.2) is 22.9 Å². The van der Waals surface area contributed by atoms with Crippen molar-refractivity contribution in [2.24, 2.45) is 11.7 Å². The molecule has 5 heteroatoms. The number of hydrogen-bond donors (Lipinski definition) is 2. The molecule has 0 aliphatic carbocycles. The number of hydrogen-bond acceptors (Lipinski definition) is 4. The van der Waals surface area contributed by atoms with Crippen LogP contribution in [0.3, 0.4) is 0 Å². The van der Waals surface area contributed by atoms with Crippen LogP contribution < -0.4 is 5.73 Å². The van der Waals surface area contributed by atoms with Crippen LogP contribution in [0.5, 0.6) is 0 Å². The van der Waals surface area contributed by atoms with Crippen molar-refractivity contribution in [2.45, 2.75) is 19.9 Å². The molecular weight excluding hydrogens is 192 g/mol. The minimum Gasteiger partial charge on any atom is -0.359 e. The molecule has 0 fully saturated rings. The summed E-state index contributed by atoms with van der Waals surface area (Å²) in [5.41, 5.74) is 6.73. The number of aromatic amines is 1. The molecule has 0 amide bonds. The van der Waals surface area contributed by atoms with Gasteiger partial charge in [-0.15, -0.1) is 0 Å². The van der Waals surface area contributed by atoms with E-state index < -0.39 is 0 Å². The Hall–Kier alpha value is -1.62. The lowest BCUT2D eigenvalue weighted by molar-refractivity contribution is 0.325. The molecule has 2 aromatic rings. The first-order chi connectivity index (χ1) is 7.18. The molecule has 0 saturated carbocycles. The number of nitrogens with one attached hydrogen (secondary N) is 1. The molecule has 80 valence electrons. The van der Waals surface area contributed by atoms with E-state index in [1.54, 1.807) is 0 Å². The minimum atomic E-state index is -0.207. The van der Waals surface area contributed by atoms with E-state index in [1.165, 1.54) is 0 Å². The van der Waals surface area contributed by atoms with E-state index in [0.29, 0.717) is 11.7 Å². The van der Waals surface area contributed by atoms with Crippen molar-refractivity contribution in [3.05, 3.63) is 24.2 Å². The van der Waals surface area contributed by atoms with Gasteiger partial charge in [0, 0.05) is 6.20 Å². The highest BCUT2D eigenvalue weighted by Gasteiger charge is 2.18. The second-order valence-corrected chi connectivity index (χ2v) is 3.81. The van der Waals surface area contributed by atoms with Gasteiger partial charge in [-0.3, -0.25) is 0 Å². The van der Waals surface area contributed by atoms with Crippen molar-refractivity contribution in [2.75, 3.05) is 0 Å². The highest BCUT2D eigenvalue weighted by molar-refractivity contribution is 5.47. The smallest absolute Gasteiger partial charge is 0.244 e. The molecule has 5 nitrogen and oxygen atoms in total. The highest BCUT2D eigenvalue weighted by Crippen LogP contribution is 2.20. The van der Waals surface area contributed by atoms with Gasteiger partial charge in [-0.05, 0) is 18.1 Å². The second kappa shape index (κ2) is 3.86. The van der Waals surface area contributed by atoms with E-state index in [1.807, 2.05) is 32.2 Å². The zero-order valence-electron chi connectivity index (χ0n) is 8.77. The number of rotatable bonds is 3. The molecule has 2 rings (SSSR count). The molecule has 3 N–H and O–H groups in total. The van der Waals surface area contributed by atoms with E-state index in [2.05, 4.69) is 15.1 Å². The Morgan fingerprint density at radius 2 is 2.27 bits per heavy atom. The van der Waals surface area contributed by atoms with Gasteiger partial charge < -0.3 is 15.2 Å². The first-order valence-corrected chi connectivity index (χ1v) is 4.91. The van der Waals surface area contributed by atoms with Crippen LogP contribution in [0.25, 0.3) is 11.5 Å². The Labute approximate surface area is 87.7 Å². The van der Waals surface area contributed by atoms with Gasteiger partial charge in [-0.1, -0.05) is 19.0 Å². The van der Waals surface area contributed by atoms with Gasteiger partial charge in [0.1, 0.15) is 0 Å². The van der Waals surface area contributed by atoms with Crippen molar-refractivity contribution in [3.63, 3.8) is 0 Å². The summed E-state index contributed by atoms with van der Waals surface area (Å²) in [4.78, 5) is 7.25. The molecule has 0 aliphatic heterocycles. The van der Waals surface area contributed by atoms with Gasteiger partial charge in [0.25, 0.3) is 0 Å². The van der Waals surface area contributed by atoms with Crippen LogP contribution in [0.1, 0.15) is 25.8 Å². The van der Waals surface area contributed by atoms with Crippen LogP contribution >= 0.6 is 0 Å². The van der Waals surface area contributed by atoms with Crippen molar-refractivity contribution < 1.29 is 4.52 Å². The van der Waals surface area contributed by atoms with E-state index in [9.17, 15) is 0 Å². The predicted molar refractivity (Wildman–Crippen MR) is 55.9 cm³/mol. The quantitative estimate of drug-likeness (QED) is 0.801. The van der Waals surface area contributed by atoms with Crippen LogP contribution in [-0.4, -0.2) is 15.1 Å². The Balaban J connectivity index is 2.25. The van der Waals surface area contributed by atoms with Crippen LogP contribution in [0.2, 0.25) is 0 Å². The molecule has 2 aromatic heterocycles. The van der Waals surface area contributed by atoms with Gasteiger partial charge in [-0.2, -0.15) is 4.98 Å². The third-order valence-electron chi connectivity index (χ3n) is 2.28. The Bertz CT molecular complexity index is 418. The first-order valence-electron chi connectivity index (χ1n) is 4.91. The van der Waals surface area contributed by atoms with Crippen LogP contribution in [0, 0.1) is 5.92 Å². The summed E-state index contributed by atoms with van der Waals surface area (Å²) in [5.74, 6) is 1.31. The van der Waals surface area contributed by atoms with Gasteiger partial charge in [0.05, 0.1) is 11.7 Å². The zero-order valence-corrected chi connectivity index (χ0v) is 8.77. The molecule has 0 saturated heterocycles. The van der Waals surface area contributed by atoms with Gasteiger partial charge in [0.15, 0.2) is 0 Å². The van der Waals surface area contributed by atoms with E-state index in [0.717, 1.165) is 5.69 Å². The monoisotopic (exact) mass is 206 g/mol. The summed E-state index contributed by atoms with van der Waals surface area (Å²) in [5, 5.41) is 3.86. The number of nitrogens with zero attached hydrogens (tertiary/aromatic N) is 2. The Kier molecular flexibility index (Phi) is 2.55. The molecule has 1 unspecified atom stereocenters. The van der Waals surface area contributed by atoms with Gasteiger partial charge in [-0.25, -0.2) is 0 Å². The fourth-order valence-corrected chi connectivity index (χ4v) is 1.23. The topological polar surface area (TPSA) is 80.7 Å². The summed E-state index contributed by atoms with van der Waals surface area (Å²) in [7, 11) is 0. The summed E-state index contributed by atoms with van der Waals surface area (Å²) in [6.07, 6.45) is 1.81. The highest BCUT2D eigenvalue weighted by atomic mass is 16.5. The maximum atomic E-state index is 5.90. The molecule has 0 bridgehead atoms. The molecule has 0 spiro atoms. The molecule has 1 atom stereocenters. The number of nitrogens with two attached hydrogens (primary N) is 1. The number of aromatic nitrogens is 3. The lowest BCUT2D eigenvalue weighted by atomic mass is 10.1. The van der Waals surface area contributed by atoms with Crippen LogP contribution in [-0.2, 0) is 0 Å². The molecule has 0 radical (unpaired) electrons. The third-order valence-corrected chi connectivity index (χ3v) is 2.28. The summed E-state index contributed by atoms with van der Waals surface area (Å²) in [6.45, 7) is 4.03. The maximum Gasteiger partial charge on any atom is 0.244 e. The molecule has 0 aromatic carbocycles. The Morgan fingerprint density at radius 1 is 1.47 bits per heavy atom. The zero-order chi connectivity index (χ0) is 10.8. The van der Waals surface area contributed by atoms with E-state index in [-0.39, 0.29) is 12.0 Å². The Morgan fingerprint density at radius 3 is 2.87 bits per heavy atom. The average molecular weight is 206 g/mol. The fraction of sp³-hybridized carbons (Fsp3) is 0.400. The summed E-state index contributed by atoms with van der Waals surface area (Å²) < 4.78 is 5.11. The standard InChI is InChI=1S/C10H14N4O/c1-6(2)8(11)10-13-9(14-15-10)7-4-3-5-12-7/h3-6,8,12H,11H2,1-2H3. The average Bonchev–Trinajstić information content (AvgIpc) is 2.86. The van der Waals surface area contributed by atoms with Crippen molar-refractivity contribution in [1.29, 1.82) is 0 Å². The number of H-pyrrole nitrogens is 1. The lowest BCUT2D eigenvalue weighted by Gasteiger charge is -2.08. The molecule has 0 aliphatic rings. The first kappa shape index (κ1) is 9.92. The SMILES string of the molecule is CC(C)C(N)c1nc(-c2ccc[nH]2)no1. The second-order valence-electron chi connectivity index (χ2n) is 3.81. The van der Waals surface area contributed by atoms with Gasteiger partial charge in [0.2, 0.25) is 11.7 Å². The van der Waals surface area contributed by atoms with Crippen LogP contribution in [0.4, 0.5) is 0 Å².